The lowest BCUT2D eigenvalue weighted by Gasteiger charge is -2.30. The summed E-state index contributed by atoms with van der Waals surface area (Å²) < 4.78 is 63.5. The Morgan fingerprint density at radius 2 is 1.75 bits per heavy atom. The van der Waals surface area contributed by atoms with E-state index in [1.165, 1.54) is 4.31 Å². The fourth-order valence-electron chi connectivity index (χ4n) is 3.42. The molecule has 2 aromatic carbocycles. The number of nitrogens with one attached hydrogen (secondary N) is 1. The summed E-state index contributed by atoms with van der Waals surface area (Å²) in [5.74, 6) is -2.06. The normalized spacial score (nSPS) is 15.5. The molecule has 1 fully saturated rings. The Kier molecular flexibility index (Phi) is 8.16. The smallest absolute Gasteiger partial charge is 0.243 e. The van der Waals surface area contributed by atoms with Crippen LogP contribution >= 0.6 is 0 Å². The third-order valence-electron chi connectivity index (χ3n) is 5.30. The van der Waals surface area contributed by atoms with Gasteiger partial charge in [0.25, 0.3) is 0 Å². The van der Waals surface area contributed by atoms with E-state index in [0.29, 0.717) is 44.4 Å². The molecule has 1 amide bonds. The summed E-state index contributed by atoms with van der Waals surface area (Å²) >= 11 is 0. The Balaban J connectivity index is 1.48. The summed E-state index contributed by atoms with van der Waals surface area (Å²) in [6.45, 7) is 1.57. The van der Waals surface area contributed by atoms with Crippen molar-refractivity contribution in [2.24, 2.45) is 5.92 Å². The van der Waals surface area contributed by atoms with Gasteiger partial charge < -0.3 is 14.8 Å². The molecule has 0 spiro atoms. The van der Waals surface area contributed by atoms with Crippen LogP contribution in [0.5, 0.6) is 5.75 Å². The molecule has 174 valence electrons. The molecule has 1 aliphatic rings. The number of piperidine rings is 1. The zero-order valence-electron chi connectivity index (χ0n) is 17.7. The number of nitrogens with zero attached hydrogens (tertiary/aromatic N) is 1. The van der Waals surface area contributed by atoms with Crippen LogP contribution in [0.1, 0.15) is 18.4 Å². The summed E-state index contributed by atoms with van der Waals surface area (Å²) in [5, 5.41) is 2.88. The lowest BCUT2D eigenvalue weighted by atomic mass is 9.97. The van der Waals surface area contributed by atoms with Gasteiger partial charge in [-0.05, 0) is 48.7 Å². The highest BCUT2D eigenvalue weighted by atomic mass is 32.2. The van der Waals surface area contributed by atoms with E-state index in [2.05, 4.69) is 5.32 Å². The first kappa shape index (κ1) is 24.1. The largest absolute Gasteiger partial charge is 0.491 e. The molecule has 0 aromatic heterocycles. The Bertz CT molecular complexity index is 1020. The number of benzene rings is 2. The van der Waals surface area contributed by atoms with E-state index in [-0.39, 0.29) is 29.8 Å². The molecule has 2 aromatic rings. The van der Waals surface area contributed by atoms with Gasteiger partial charge in [0.2, 0.25) is 15.9 Å². The van der Waals surface area contributed by atoms with Gasteiger partial charge in [0, 0.05) is 32.7 Å². The van der Waals surface area contributed by atoms with E-state index in [4.69, 9.17) is 9.47 Å². The number of carbonyl (C=O) groups excluding carboxylic acids is 1. The number of ether oxygens (including phenoxy) is 2. The zero-order chi connectivity index (χ0) is 23.1. The summed E-state index contributed by atoms with van der Waals surface area (Å²) in [4.78, 5) is 12.2. The molecule has 3 rings (SSSR count). The van der Waals surface area contributed by atoms with Crippen molar-refractivity contribution in [3.63, 3.8) is 0 Å². The standard InChI is InChI=1S/C22H26F2N2O5S/c1-30-12-13-31-18-4-2-16(3-5-18)15-25-22(27)17-8-10-26(11-9-17)32(28,29)19-6-7-20(23)21(24)14-19/h2-7,14,17H,8-13,15H2,1H3,(H,25,27). The first-order chi connectivity index (χ1) is 15.3. The van der Waals surface area contributed by atoms with Crippen LogP contribution in [0.3, 0.4) is 0 Å². The second-order valence-electron chi connectivity index (χ2n) is 7.46. The minimum atomic E-state index is -3.94. The van der Waals surface area contributed by atoms with Crippen molar-refractivity contribution >= 4 is 15.9 Å². The molecule has 0 atom stereocenters. The maximum Gasteiger partial charge on any atom is 0.243 e. The third kappa shape index (κ3) is 6.02. The van der Waals surface area contributed by atoms with Crippen LogP contribution in [-0.4, -0.2) is 52.0 Å². The predicted molar refractivity (Wildman–Crippen MR) is 114 cm³/mol. The number of halogens is 2. The lowest BCUT2D eigenvalue weighted by molar-refractivity contribution is -0.126. The van der Waals surface area contributed by atoms with Gasteiger partial charge in [0.15, 0.2) is 11.6 Å². The molecule has 1 aliphatic heterocycles. The maximum atomic E-state index is 13.4. The first-order valence-electron chi connectivity index (χ1n) is 10.2. The van der Waals surface area contributed by atoms with Crippen LogP contribution in [0, 0.1) is 17.6 Å². The third-order valence-corrected chi connectivity index (χ3v) is 7.19. The van der Waals surface area contributed by atoms with Gasteiger partial charge in [-0.3, -0.25) is 4.79 Å². The van der Waals surface area contributed by atoms with Gasteiger partial charge in [0.05, 0.1) is 11.5 Å². The summed E-state index contributed by atoms with van der Waals surface area (Å²) in [6, 6.07) is 9.87. The van der Waals surface area contributed by atoms with E-state index < -0.39 is 21.7 Å². The number of carbonyl (C=O) groups is 1. The average Bonchev–Trinajstić information content (AvgIpc) is 2.80. The minimum Gasteiger partial charge on any atom is -0.491 e. The van der Waals surface area contributed by atoms with Crippen molar-refractivity contribution in [1.29, 1.82) is 0 Å². The second-order valence-corrected chi connectivity index (χ2v) is 9.40. The average molecular weight is 469 g/mol. The molecule has 32 heavy (non-hydrogen) atoms. The van der Waals surface area contributed by atoms with Crippen molar-refractivity contribution < 1.29 is 31.5 Å². The highest BCUT2D eigenvalue weighted by Gasteiger charge is 2.32. The van der Waals surface area contributed by atoms with E-state index in [0.717, 1.165) is 17.7 Å². The number of hydrogen-bond donors (Lipinski definition) is 1. The molecular formula is C22H26F2N2O5S. The van der Waals surface area contributed by atoms with E-state index in [1.54, 1.807) is 7.11 Å². The van der Waals surface area contributed by atoms with Gasteiger partial charge in [0.1, 0.15) is 12.4 Å². The molecular weight excluding hydrogens is 442 g/mol. The minimum absolute atomic E-state index is 0.132. The van der Waals surface area contributed by atoms with Crippen molar-refractivity contribution in [1.82, 2.24) is 9.62 Å². The van der Waals surface area contributed by atoms with Gasteiger partial charge in [-0.15, -0.1) is 0 Å². The van der Waals surface area contributed by atoms with Crippen molar-refractivity contribution in [3.05, 3.63) is 59.7 Å². The topological polar surface area (TPSA) is 84.9 Å². The van der Waals surface area contributed by atoms with Gasteiger partial charge in [-0.1, -0.05) is 12.1 Å². The zero-order valence-corrected chi connectivity index (χ0v) is 18.5. The highest BCUT2D eigenvalue weighted by Crippen LogP contribution is 2.25. The number of sulfonamides is 1. The van der Waals surface area contributed by atoms with E-state index in [9.17, 15) is 22.0 Å². The van der Waals surface area contributed by atoms with Gasteiger partial charge in [-0.25, -0.2) is 17.2 Å². The number of hydrogen-bond acceptors (Lipinski definition) is 5. The number of methoxy groups -OCH3 is 1. The molecule has 10 heteroatoms. The molecule has 0 unspecified atom stereocenters. The predicted octanol–water partition coefficient (Wildman–Crippen LogP) is 2.71. The molecule has 0 radical (unpaired) electrons. The maximum absolute atomic E-state index is 13.4. The van der Waals surface area contributed by atoms with Crippen LogP contribution in [-0.2, 0) is 26.1 Å². The Morgan fingerprint density at radius 1 is 1.06 bits per heavy atom. The van der Waals surface area contributed by atoms with Crippen LogP contribution in [0.4, 0.5) is 8.78 Å². The van der Waals surface area contributed by atoms with E-state index in [1.807, 2.05) is 24.3 Å². The Labute approximate surface area is 186 Å². The Hall–Kier alpha value is -2.56. The van der Waals surface area contributed by atoms with Crippen LogP contribution in [0.15, 0.2) is 47.4 Å². The molecule has 7 nitrogen and oxygen atoms in total. The summed E-state index contributed by atoms with van der Waals surface area (Å²) in [5.41, 5.74) is 0.913. The van der Waals surface area contributed by atoms with Gasteiger partial charge >= 0.3 is 0 Å². The fraction of sp³-hybridized carbons (Fsp3) is 0.409. The molecule has 1 N–H and O–H groups in total. The van der Waals surface area contributed by atoms with Crippen LogP contribution in [0.2, 0.25) is 0 Å². The van der Waals surface area contributed by atoms with Crippen molar-refractivity contribution in [3.8, 4) is 5.75 Å². The number of rotatable bonds is 9. The summed E-state index contributed by atoms with van der Waals surface area (Å²) in [7, 11) is -2.34. The highest BCUT2D eigenvalue weighted by molar-refractivity contribution is 7.89. The lowest BCUT2D eigenvalue weighted by Crippen LogP contribution is -2.42. The van der Waals surface area contributed by atoms with Crippen molar-refractivity contribution in [2.45, 2.75) is 24.3 Å². The fourth-order valence-corrected chi connectivity index (χ4v) is 4.91. The van der Waals surface area contributed by atoms with Crippen LogP contribution in [0.25, 0.3) is 0 Å². The second kappa shape index (κ2) is 10.8. The molecule has 0 saturated carbocycles. The molecule has 0 bridgehead atoms. The molecule has 1 heterocycles. The Morgan fingerprint density at radius 3 is 2.38 bits per heavy atom. The van der Waals surface area contributed by atoms with Gasteiger partial charge in [-0.2, -0.15) is 4.31 Å². The number of amides is 1. The monoisotopic (exact) mass is 468 g/mol. The molecule has 0 aliphatic carbocycles. The van der Waals surface area contributed by atoms with Crippen molar-refractivity contribution in [2.75, 3.05) is 33.4 Å². The molecule has 1 saturated heterocycles. The quantitative estimate of drug-likeness (QED) is 0.572. The summed E-state index contributed by atoms with van der Waals surface area (Å²) in [6.07, 6.45) is 0.696. The SMILES string of the molecule is COCCOc1ccc(CNC(=O)C2CCN(S(=O)(=O)c3ccc(F)c(F)c3)CC2)cc1. The van der Waals surface area contributed by atoms with Crippen LogP contribution < -0.4 is 10.1 Å². The first-order valence-corrected chi connectivity index (χ1v) is 11.7. The van der Waals surface area contributed by atoms with E-state index >= 15 is 0 Å².